The second-order valence-electron chi connectivity index (χ2n) is 9.31. The minimum Gasteiger partial charge on any atom is -0.493 e. The quantitative estimate of drug-likeness (QED) is 0.532. The minimum atomic E-state index is -0.183. The van der Waals surface area contributed by atoms with Gasteiger partial charge in [0.2, 0.25) is 0 Å². The van der Waals surface area contributed by atoms with E-state index in [0.29, 0.717) is 17.8 Å². The van der Waals surface area contributed by atoms with Crippen molar-refractivity contribution in [1.82, 2.24) is 10.2 Å². The van der Waals surface area contributed by atoms with Gasteiger partial charge in [-0.05, 0) is 86.6 Å². The van der Waals surface area contributed by atoms with Crippen molar-refractivity contribution in [3.8, 4) is 5.75 Å². The van der Waals surface area contributed by atoms with Crippen LogP contribution in [-0.4, -0.2) is 31.6 Å². The molecule has 1 fully saturated rings. The van der Waals surface area contributed by atoms with Gasteiger partial charge in [0.05, 0.1) is 6.61 Å². The van der Waals surface area contributed by atoms with Gasteiger partial charge in [-0.3, -0.25) is 0 Å². The molecule has 1 aliphatic rings. The van der Waals surface area contributed by atoms with Gasteiger partial charge in [0, 0.05) is 18.2 Å². The average Bonchev–Trinajstić information content (AvgIpc) is 2.77. The largest absolute Gasteiger partial charge is 0.493 e. The molecule has 4 heteroatoms. The Balaban J connectivity index is 1.61. The number of allylic oxidation sites excluding steroid dienone is 1. The smallest absolute Gasteiger partial charge is 0.123 e. The molecule has 1 atom stereocenters. The molecule has 0 saturated carbocycles. The zero-order chi connectivity index (χ0) is 22.2. The molecular formula is C27H37FN2O. The molecule has 0 amide bonds. The van der Waals surface area contributed by atoms with Crippen molar-refractivity contribution in [2.24, 2.45) is 17.8 Å². The van der Waals surface area contributed by atoms with E-state index in [1.54, 1.807) is 12.1 Å². The van der Waals surface area contributed by atoms with E-state index in [0.717, 1.165) is 44.1 Å². The van der Waals surface area contributed by atoms with Gasteiger partial charge in [-0.15, -0.1) is 0 Å². The van der Waals surface area contributed by atoms with E-state index < -0.39 is 0 Å². The van der Waals surface area contributed by atoms with Gasteiger partial charge in [0.15, 0.2) is 0 Å². The number of hydrogen-bond acceptors (Lipinski definition) is 3. The van der Waals surface area contributed by atoms with Crippen LogP contribution < -0.4 is 10.1 Å². The lowest BCUT2D eigenvalue weighted by Gasteiger charge is -2.35. The van der Waals surface area contributed by atoms with Crippen LogP contribution in [0.4, 0.5) is 4.39 Å². The molecule has 31 heavy (non-hydrogen) atoms. The predicted octanol–water partition coefficient (Wildman–Crippen LogP) is 5.66. The summed E-state index contributed by atoms with van der Waals surface area (Å²) in [6.45, 7) is 12.4. The molecule has 0 aromatic heterocycles. The summed E-state index contributed by atoms with van der Waals surface area (Å²) in [7, 11) is 2.19. The lowest BCUT2D eigenvalue weighted by atomic mass is 9.79. The fourth-order valence-electron chi connectivity index (χ4n) is 4.19. The monoisotopic (exact) mass is 424 g/mol. The van der Waals surface area contributed by atoms with Crippen LogP contribution in [0.5, 0.6) is 5.75 Å². The van der Waals surface area contributed by atoms with Gasteiger partial charge in [0.1, 0.15) is 11.6 Å². The van der Waals surface area contributed by atoms with Crippen LogP contribution in [0, 0.1) is 23.6 Å². The van der Waals surface area contributed by atoms with E-state index in [4.69, 9.17) is 4.74 Å². The minimum absolute atomic E-state index is 0.183. The van der Waals surface area contributed by atoms with Gasteiger partial charge in [-0.1, -0.05) is 44.7 Å². The SMILES string of the molecule is C=C(NCc1ccc(OCC(C)C)cc1)[C@H](Cc1ccc(F)cc1)C1CCN(C)CC1. The van der Waals surface area contributed by atoms with Crippen molar-refractivity contribution in [1.29, 1.82) is 0 Å². The van der Waals surface area contributed by atoms with Crippen LogP contribution in [0.15, 0.2) is 60.8 Å². The molecule has 168 valence electrons. The Labute approximate surface area is 187 Å². The van der Waals surface area contributed by atoms with Gasteiger partial charge in [-0.2, -0.15) is 0 Å². The normalized spacial score (nSPS) is 16.3. The third-order valence-electron chi connectivity index (χ3n) is 6.17. The van der Waals surface area contributed by atoms with E-state index >= 15 is 0 Å². The Hall–Kier alpha value is -2.33. The fourth-order valence-corrected chi connectivity index (χ4v) is 4.19. The highest BCUT2D eigenvalue weighted by Crippen LogP contribution is 2.31. The number of likely N-dealkylation sites (tertiary alicyclic amines) is 1. The number of nitrogens with zero attached hydrogens (tertiary/aromatic N) is 1. The Kier molecular flexibility index (Phi) is 8.53. The van der Waals surface area contributed by atoms with Gasteiger partial charge in [0.25, 0.3) is 0 Å². The standard InChI is InChI=1S/C27H37FN2O/c1-20(2)19-31-26-11-7-23(8-12-26)18-29-21(3)27(24-13-15-30(4)16-14-24)17-22-5-9-25(28)10-6-22/h5-12,20,24,27,29H,3,13-19H2,1-2,4H3/t27-/m0/s1. The Morgan fingerprint density at radius 3 is 2.29 bits per heavy atom. The van der Waals surface area contributed by atoms with E-state index in [1.807, 2.05) is 24.3 Å². The number of piperidine rings is 1. The van der Waals surface area contributed by atoms with Crippen molar-refractivity contribution in [3.63, 3.8) is 0 Å². The van der Waals surface area contributed by atoms with Crippen LogP contribution >= 0.6 is 0 Å². The van der Waals surface area contributed by atoms with Crippen LogP contribution in [0.3, 0.4) is 0 Å². The topological polar surface area (TPSA) is 24.5 Å². The highest BCUT2D eigenvalue weighted by atomic mass is 19.1. The summed E-state index contributed by atoms with van der Waals surface area (Å²) >= 11 is 0. The molecule has 1 heterocycles. The molecule has 3 rings (SSSR count). The van der Waals surface area contributed by atoms with Gasteiger partial charge in [-0.25, -0.2) is 4.39 Å². The third kappa shape index (κ3) is 7.39. The molecule has 0 bridgehead atoms. The second-order valence-corrected chi connectivity index (χ2v) is 9.31. The zero-order valence-corrected chi connectivity index (χ0v) is 19.2. The number of hydrogen-bond donors (Lipinski definition) is 1. The molecular weight excluding hydrogens is 387 g/mol. The van der Waals surface area contributed by atoms with Crippen molar-refractivity contribution < 1.29 is 9.13 Å². The maximum atomic E-state index is 13.4. The first-order valence-electron chi connectivity index (χ1n) is 11.5. The number of rotatable bonds is 10. The van der Waals surface area contributed by atoms with Crippen LogP contribution in [0.1, 0.15) is 37.8 Å². The Morgan fingerprint density at radius 1 is 1.06 bits per heavy atom. The first-order valence-corrected chi connectivity index (χ1v) is 11.5. The molecule has 1 saturated heterocycles. The van der Waals surface area contributed by atoms with Crippen LogP contribution in [0.25, 0.3) is 0 Å². The molecule has 1 N–H and O–H groups in total. The Morgan fingerprint density at radius 2 is 1.68 bits per heavy atom. The first-order chi connectivity index (χ1) is 14.9. The second kappa shape index (κ2) is 11.3. The molecule has 3 nitrogen and oxygen atoms in total. The Bertz CT molecular complexity index is 808. The van der Waals surface area contributed by atoms with Crippen LogP contribution in [-0.2, 0) is 13.0 Å². The summed E-state index contributed by atoms with van der Waals surface area (Å²) in [4.78, 5) is 2.39. The van der Waals surface area contributed by atoms with Gasteiger partial charge < -0.3 is 15.0 Å². The molecule has 0 aliphatic carbocycles. The first kappa shape index (κ1) is 23.3. The number of benzene rings is 2. The van der Waals surface area contributed by atoms with Gasteiger partial charge >= 0.3 is 0 Å². The van der Waals surface area contributed by atoms with Crippen molar-refractivity contribution >= 4 is 0 Å². The lowest BCUT2D eigenvalue weighted by Crippen LogP contribution is -2.36. The summed E-state index contributed by atoms with van der Waals surface area (Å²) in [5.74, 6) is 2.18. The summed E-state index contributed by atoms with van der Waals surface area (Å²) in [6.07, 6.45) is 3.23. The predicted molar refractivity (Wildman–Crippen MR) is 127 cm³/mol. The van der Waals surface area contributed by atoms with E-state index in [9.17, 15) is 4.39 Å². The van der Waals surface area contributed by atoms with E-state index in [-0.39, 0.29) is 5.82 Å². The molecule has 2 aromatic rings. The summed E-state index contributed by atoms with van der Waals surface area (Å²) in [5.41, 5.74) is 3.46. The third-order valence-corrected chi connectivity index (χ3v) is 6.17. The van der Waals surface area contributed by atoms with E-state index in [2.05, 4.69) is 49.8 Å². The average molecular weight is 425 g/mol. The summed E-state index contributed by atoms with van der Waals surface area (Å²) < 4.78 is 19.1. The highest BCUT2D eigenvalue weighted by Gasteiger charge is 2.27. The molecule has 0 spiro atoms. The molecule has 2 aromatic carbocycles. The summed E-state index contributed by atoms with van der Waals surface area (Å²) in [5, 5.41) is 3.59. The fraction of sp³-hybridized carbons (Fsp3) is 0.481. The molecule has 0 radical (unpaired) electrons. The lowest BCUT2D eigenvalue weighted by molar-refractivity contribution is 0.180. The molecule has 0 unspecified atom stereocenters. The number of ether oxygens (including phenoxy) is 1. The van der Waals surface area contributed by atoms with Crippen LogP contribution in [0.2, 0.25) is 0 Å². The maximum Gasteiger partial charge on any atom is 0.123 e. The number of halogens is 1. The zero-order valence-electron chi connectivity index (χ0n) is 19.2. The number of nitrogens with one attached hydrogen (secondary N) is 1. The van der Waals surface area contributed by atoms with E-state index in [1.165, 1.54) is 24.0 Å². The van der Waals surface area contributed by atoms with Crippen molar-refractivity contribution in [2.75, 3.05) is 26.7 Å². The van der Waals surface area contributed by atoms with Crippen molar-refractivity contribution in [2.45, 2.75) is 39.7 Å². The molecule has 1 aliphatic heterocycles. The summed E-state index contributed by atoms with van der Waals surface area (Å²) in [6, 6.07) is 15.2. The maximum absolute atomic E-state index is 13.4. The highest BCUT2D eigenvalue weighted by molar-refractivity contribution is 5.28. The van der Waals surface area contributed by atoms with Crippen molar-refractivity contribution in [3.05, 3.63) is 77.8 Å².